The molecule has 134 valence electrons. The van der Waals surface area contributed by atoms with E-state index in [2.05, 4.69) is 54.4 Å². The second kappa shape index (κ2) is 7.17. The van der Waals surface area contributed by atoms with Crippen molar-refractivity contribution in [1.29, 1.82) is 5.26 Å². The van der Waals surface area contributed by atoms with Crippen LogP contribution in [0.25, 0.3) is 0 Å². The van der Waals surface area contributed by atoms with Gasteiger partial charge in [-0.15, -0.1) is 0 Å². The Morgan fingerprint density at radius 1 is 1.28 bits per heavy atom. The van der Waals surface area contributed by atoms with Gasteiger partial charge in [-0.25, -0.2) is 0 Å². The van der Waals surface area contributed by atoms with Crippen molar-refractivity contribution in [2.75, 3.05) is 6.54 Å². The normalized spacial score (nSPS) is 19.5. The zero-order chi connectivity index (χ0) is 18.0. The molecule has 0 radical (unpaired) electrons. The topological polar surface area (TPSA) is 56.1 Å². The third kappa shape index (κ3) is 4.61. The van der Waals surface area contributed by atoms with E-state index in [-0.39, 0.29) is 5.91 Å². The summed E-state index contributed by atoms with van der Waals surface area (Å²) in [4.78, 5) is 14.8. The van der Waals surface area contributed by atoms with Gasteiger partial charge in [0.1, 0.15) is 5.54 Å². The summed E-state index contributed by atoms with van der Waals surface area (Å²) in [5.41, 5.74) is 1.88. The average Bonchev–Trinajstić information content (AvgIpc) is 3.47. The predicted molar refractivity (Wildman–Crippen MR) is 98.8 cm³/mol. The Labute approximate surface area is 151 Å². The van der Waals surface area contributed by atoms with Crippen molar-refractivity contribution in [3.05, 3.63) is 35.4 Å². The molecule has 1 aromatic carbocycles. The first-order valence-electron chi connectivity index (χ1n) is 9.46. The summed E-state index contributed by atoms with van der Waals surface area (Å²) in [5.74, 6) is 0.825. The molecule has 4 heteroatoms. The summed E-state index contributed by atoms with van der Waals surface area (Å²) < 4.78 is 0. The fourth-order valence-electron chi connectivity index (χ4n) is 3.39. The lowest BCUT2D eigenvalue weighted by atomic mass is 9.98. The fourth-order valence-corrected chi connectivity index (χ4v) is 3.39. The highest BCUT2D eigenvalue weighted by Crippen LogP contribution is 2.39. The molecule has 0 aliphatic heterocycles. The van der Waals surface area contributed by atoms with Crippen LogP contribution in [0.15, 0.2) is 24.3 Å². The maximum Gasteiger partial charge on any atom is 0.235 e. The second-order valence-corrected chi connectivity index (χ2v) is 8.17. The molecule has 1 atom stereocenters. The molecule has 0 aromatic heterocycles. The molecule has 0 spiro atoms. The first-order valence-corrected chi connectivity index (χ1v) is 9.46. The number of hydrogen-bond acceptors (Lipinski definition) is 3. The Morgan fingerprint density at radius 2 is 1.92 bits per heavy atom. The number of nitriles is 1. The van der Waals surface area contributed by atoms with Gasteiger partial charge in [-0.3, -0.25) is 9.69 Å². The molecule has 0 bridgehead atoms. The van der Waals surface area contributed by atoms with Crippen LogP contribution in [0.3, 0.4) is 0 Å². The Kier molecular flexibility index (Phi) is 5.15. The molecule has 3 rings (SSSR count). The largest absolute Gasteiger partial charge is 0.337 e. The maximum absolute atomic E-state index is 12.5. The summed E-state index contributed by atoms with van der Waals surface area (Å²) in [6.45, 7) is 7.42. The Bertz CT molecular complexity index is 653. The van der Waals surface area contributed by atoms with Crippen molar-refractivity contribution < 1.29 is 4.79 Å². The third-order valence-corrected chi connectivity index (χ3v) is 5.47. The van der Waals surface area contributed by atoms with Crippen molar-refractivity contribution in [3.63, 3.8) is 0 Å². The van der Waals surface area contributed by atoms with Crippen LogP contribution in [0, 0.1) is 17.2 Å². The Balaban J connectivity index is 1.60. The Morgan fingerprint density at radius 3 is 2.40 bits per heavy atom. The van der Waals surface area contributed by atoms with E-state index >= 15 is 0 Å². The molecular formula is C21H29N3O. The van der Waals surface area contributed by atoms with Crippen LogP contribution >= 0.6 is 0 Å². The van der Waals surface area contributed by atoms with Crippen LogP contribution in [0.5, 0.6) is 0 Å². The van der Waals surface area contributed by atoms with Gasteiger partial charge in [-0.1, -0.05) is 38.1 Å². The van der Waals surface area contributed by atoms with Gasteiger partial charge >= 0.3 is 0 Å². The molecule has 1 aromatic rings. The van der Waals surface area contributed by atoms with Gasteiger partial charge in [0.15, 0.2) is 0 Å². The molecule has 2 fully saturated rings. The molecule has 1 N–H and O–H groups in total. The second-order valence-electron chi connectivity index (χ2n) is 8.17. The smallest absolute Gasteiger partial charge is 0.235 e. The van der Waals surface area contributed by atoms with Gasteiger partial charge in [0, 0.05) is 12.6 Å². The van der Waals surface area contributed by atoms with E-state index < -0.39 is 5.54 Å². The summed E-state index contributed by atoms with van der Waals surface area (Å²) in [6, 6.07) is 11.5. The fraction of sp³-hybridized carbons (Fsp3) is 0.619. The molecule has 2 aliphatic carbocycles. The SMILES string of the molecule is CC(C)c1ccc(CN(CC(=O)NC(C)(C#N)C2CC2)C2CC2)cc1. The van der Waals surface area contributed by atoms with Gasteiger partial charge < -0.3 is 5.32 Å². The van der Waals surface area contributed by atoms with Crippen LogP contribution in [-0.4, -0.2) is 28.9 Å². The highest BCUT2D eigenvalue weighted by atomic mass is 16.2. The predicted octanol–water partition coefficient (Wildman–Crippen LogP) is 3.58. The molecule has 0 heterocycles. The van der Waals surface area contributed by atoms with Crippen molar-refractivity contribution in [3.8, 4) is 6.07 Å². The standard InChI is InChI=1S/C21H29N3O/c1-15(2)17-6-4-16(5-7-17)12-24(19-10-11-19)13-20(25)23-21(3,14-22)18-8-9-18/h4-7,15,18-19H,8-13H2,1-3H3,(H,23,25). The van der Waals surface area contributed by atoms with Crippen molar-refractivity contribution in [1.82, 2.24) is 10.2 Å². The van der Waals surface area contributed by atoms with Gasteiger partial charge in [0.05, 0.1) is 12.6 Å². The third-order valence-electron chi connectivity index (χ3n) is 5.47. The summed E-state index contributed by atoms with van der Waals surface area (Å²) in [7, 11) is 0. The summed E-state index contributed by atoms with van der Waals surface area (Å²) in [5, 5.41) is 12.4. The first-order chi connectivity index (χ1) is 11.9. The molecule has 1 unspecified atom stereocenters. The maximum atomic E-state index is 12.5. The highest BCUT2D eigenvalue weighted by Gasteiger charge is 2.43. The number of benzene rings is 1. The number of nitrogens with one attached hydrogen (secondary N) is 1. The lowest BCUT2D eigenvalue weighted by Crippen LogP contribution is -2.50. The molecular weight excluding hydrogens is 310 g/mol. The molecule has 0 saturated heterocycles. The molecule has 4 nitrogen and oxygen atoms in total. The van der Waals surface area contributed by atoms with Crippen LogP contribution in [0.4, 0.5) is 0 Å². The zero-order valence-corrected chi connectivity index (χ0v) is 15.6. The van der Waals surface area contributed by atoms with E-state index in [1.54, 1.807) is 0 Å². The lowest BCUT2D eigenvalue weighted by molar-refractivity contribution is -0.124. The van der Waals surface area contributed by atoms with Crippen LogP contribution in [-0.2, 0) is 11.3 Å². The monoisotopic (exact) mass is 339 g/mol. The molecule has 25 heavy (non-hydrogen) atoms. The van der Waals surface area contributed by atoms with Gasteiger partial charge in [0.2, 0.25) is 5.91 Å². The van der Waals surface area contributed by atoms with Crippen molar-refractivity contribution in [2.45, 2.75) is 70.5 Å². The minimum absolute atomic E-state index is 0.0262. The Hall–Kier alpha value is -1.86. The number of carbonyl (C=O) groups excluding carboxylic acids is 1. The highest BCUT2D eigenvalue weighted by molar-refractivity contribution is 5.79. The quantitative estimate of drug-likeness (QED) is 0.787. The minimum Gasteiger partial charge on any atom is -0.337 e. The first kappa shape index (κ1) is 17.9. The van der Waals surface area contributed by atoms with E-state index in [0.29, 0.717) is 24.4 Å². The molecule has 2 saturated carbocycles. The van der Waals surface area contributed by atoms with E-state index in [4.69, 9.17) is 0 Å². The van der Waals surface area contributed by atoms with Crippen molar-refractivity contribution >= 4 is 5.91 Å². The average molecular weight is 339 g/mol. The van der Waals surface area contributed by atoms with E-state index in [9.17, 15) is 10.1 Å². The zero-order valence-electron chi connectivity index (χ0n) is 15.6. The molecule has 1 amide bonds. The van der Waals surface area contributed by atoms with E-state index in [0.717, 1.165) is 32.2 Å². The van der Waals surface area contributed by atoms with Gasteiger partial charge in [-0.05, 0) is 55.6 Å². The van der Waals surface area contributed by atoms with Crippen LogP contribution in [0.1, 0.15) is 63.5 Å². The summed E-state index contributed by atoms with van der Waals surface area (Å²) in [6.07, 6.45) is 4.41. The molecule has 2 aliphatic rings. The number of hydrogen-bond donors (Lipinski definition) is 1. The summed E-state index contributed by atoms with van der Waals surface area (Å²) >= 11 is 0. The lowest BCUT2D eigenvalue weighted by Gasteiger charge is -2.26. The van der Waals surface area contributed by atoms with Crippen molar-refractivity contribution in [2.24, 2.45) is 5.92 Å². The minimum atomic E-state index is -0.703. The number of amides is 1. The van der Waals surface area contributed by atoms with E-state index in [1.807, 2.05) is 6.92 Å². The van der Waals surface area contributed by atoms with Gasteiger partial charge in [0.25, 0.3) is 0 Å². The van der Waals surface area contributed by atoms with Crippen LogP contribution in [0.2, 0.25) is 0 Å². The van der Waals surface area contributed by atoms with Crippen LogP contribution < -0.4 is 5.32 Å². The van der Waals surface area contributed by atoms with Gasteiger partial charge in [-0.2, -0.15) is 5.26 Å². The number of carbonyl (C=O) groups is 1. The number of rotatable bonds is 8. The number of nitrogens with zero attached hydrogens (tertiary/aromatic N) is 2. The van der Waals surface area contributed by atoms with E-state index in [1.165, 1.54) is 11.1 Å².